The van der Waals surface area contributed by atoms with Crippen LogP contribution in [0.3, 0.4) is 0 Å². The van der Waals surface area contributed by atoms with E-state index in [2.05, 4.69) is 5.32 Å². The first-order valence-corrected chi connectivity index (χ1v) is 9.72. The van der Waals surface area contributed by atoms with E-state index in [9.17, 15) is 23.5 Å². The molecule has 0 radical (unpaired) electrons. The minimum Gasteiger partial charge on any atom is -0.477 e. The van der Waals surface area contributed by atoms with Crippen LogP contribution in [0.15, 0.2) is 17.1 Å². The lowest BCUT2D eigenvalue weighted by Crippen LogP contribution is -2.30. The minimum atomic E-state index is -1.46. The summed E-state index contributed by atoms with van der Waals surface area (Å²) < 4.78 is 46.0. The highest BCUT2D eigenvalue weighted by Gasteiger charge is 2.37. The first kappa shape index (κ1) is 19.8. The van der Waals surface area contributed by atoms with Gasteiger partial charge in [0, 0.05) is 44.3 Å². The number of aryl methyl sites for hydroxylation is 1. The molecule has 2 heterocycles. The van der Waals surface area contributed by atoms with Crippen molar-refractivity contribution in [2.45, 2.75) is 38.5 Å². The number of alkyl halides is 1. The van der Waals surface area contributed by atoms with Gasteiger partial charge >= 0.3 is 5.97 Å². The lowest BCUT2D eigenvalue weighted by Gasteiger charge is -2.22. The molecule has 2 unspecified atom stereocenters. The van der Waals surface area contributed by atoms with Crippen molar-refractivity contribution in [1.29, 1.82) is 0 Å². The molecule has 4 rings (SSSR count). The summed E-state index contributed by atoms with van der Waals surface area (Å²) in [5.74, 6) is -3.82. The molecule has 1 saturated heterocycles. The Bertz CT molecular complexity index is 1040. The van der Waals surface area contributed by atoms with Gasteiger partial charge < -0.3 is 19.9 Å². The second kappa shape index (κ2) is 7.37. The Hall–Kier alpha value is -2.55. The lowest BCUT2D eigenvalue weighted by atomic mass is 10.1. The molecule has 0 spiro atoms. The summed E-state index contributed by atoms with van der Waals surface area (Å²) in [6.07, 6.45) is 1.96. The second-order valence-electron chi connectivity index (χ2n) is 7.74. The molecule has 1 saturated carbocycles. The van der Waals surface area contributed by atoms with Crippen LogP contribution in [0.4, 0.5) is 18.9 Å². The normalized spacial score (nSPS) is 21.9. The summed E-state index contributed by atoms with van der Waals surface area (Å²) in [6, 6.07) is 1.27. The van der Waals surface area contributed by atoms with Crippen molar-refractivity contribution < 1.29 is 23.1 Å². The first-order chi connectivity index (χ1) is 13.8. The van der Waals surface area contributed by atoms with Crippen molar-refractivity contribution in [1.82, 2.24) is 9.88 Å². The maximum Gasteiger partial charge on any atom is 0.341 e. The number of fused-ring (bicyclic) bond motifs is 1. The number of aromatic nitrogens is 1. The molecule has 9 heteroatoms. The van der Waals surface area contributed by atoms with E-state index in [1.54, 1.807) is 6.92 Å². The van der Waals surface area contributed by atoms with Gasteiger partial charge in [0.15, 0.2) is 5.82 Å². The molecule has 2 aromatic rings. The first-order valence-electron chi connectivity index (χ1n) is 9.72. The number of hydrogen-bond donors (Lipinski definition) is 2. The standard InChI is InChI=1S/C20H22F3N3O3/c1-2-25-8-13(20(28)29)19(27)12-5-14(21)18(16(23)17(12)25)26-7-10(15(22)9-26)6-24-11-3-4-11/h5,8,10-11,15,24H,2-4,6-7,9H2,1H3,(H,28,29). The van der Waals surface area contributed by atoms with Gasteiger partial charge in [-0.3, -0.25) is 4.79 Å². The van der Waals surface area contributed by atoms with E-state index in [-0.39, 0.29) is 42.1 Å². The molecule has 156 valence electrons. The van der Waals surface area contributed by atoms with Crippen molar-refractivity contribution in [2.24, 2.45) is 5.92 Å². The van der Waals surface area contributed by atoms with E-state index in [1.165, 1.54) is 9.47 Å². The summed E-state index contributed by atoms with van der Waals surface area (Å²) >= 11 is 0. The Kier molecular flexibility index (Phi) is 5.02. The van der Waals surface area contributed by atoms with Crippen LogP contribution in [-0.2, 0) is 6.54 Å². The average molecular weight is 409 g/mol. The Morgan fingerprint density at radius 1 is 1.31 bits per heavy atom. The number of carbonyl (C=O) groups is 1. The number of pyridine rings is 1. The predicted octanol–water partition coefficient (Wildman–Crippen LogP) is 2.52. The molecular formula is C20H22F3N3O3. The highest BCUT2D eigenvalue weighted by molar-refractivity contribution is 5.93. The number of carboxylic acid groups (broad SMARTS) is 1. The summed E-state index contributed by atoms with van der Waals surface area (Å²) in [7, 11) is 0. The van der Waals surface area contributed by atoms with Gasteiger partial charge in [0.25, 0.3) is 0 Å². The van der Waals surface area contributed by atoms with E-state index in [1.807, 2.05) is 0 Å². The molecule has 2 atom stereocenters. The highest BCUT2D eigenvalue weighted by atomic mass is 19.1. The molecule has 2 N–H and O–H groups in total. The summed E-state index contributed by atoms with van der Waals surface area (Å²) in [5.41, 5.74) is -2.05. The molecule has 6 nitrogen and oxygen atoms in total. The number of nitrogens with zero attached hydrogens (tertiary/aromatic N) is 2. The number of nitrogens with one attached hydrogen (secondary N) is 1. The van der Waals surface area contributed by atoms with E-state index < -0.39 is 34.8 Å². The second-order valence-corrected chi connectivity index (χ2v) is 7.74. The number of halogens is 3. The van der Waals surface area contributed by atoms with Crippen LogP contribution in [-0.4, -0.2) is 47.5 Å². The van der Waals surface area contributed by atoms with Crippen LogP contribution in [0, 0.1) is 17.6 Å². The van der Waals surface area contributed by atoms with Crippen molar-refractivity contribution in [3.63, 3.8) is 0 Å². The van der Waals surface area contributed by atoms with Crippen molar-refractivity contribution in [3.8, 4) is 0 Å². The zero-order valence-electron chi connectivity index (χ0n) is 15.9. The Morgan fingerprint density at radius 3 is 2.66 bits per heavy atom. The largest absolute Gasteiger partial charge is 0.477 e. The molecular weight excluding hydrogens is 387 g/mol. The predicted molar refractivity (Wildman–Crippen MR) is 102 cm³/mol. The fourth-order valence-corrected chi connectivity index (χ4v) is 3.98. The fraction of sp³-hybridized carbons (Fsp3) is 0.500. The smallest absolute Gasteiger partial charge is 0.341 e. The molecule has 1 aliphatic heterocycles. The van der Waals surface area contributed by atoms with E-state index >= 15 is 4.39 Å². The maximum absolute atomic E-state index is 15.4. The number of hydrogen-bond acceptors (Lipinski definition) is 4. The number of rotatable bonds is 6. The van der Waals surface area contributed by atoms with E-state index in [4.69, 9.17) is 0 Å². The third-order valence-electron chi connectivity index (χ3n) is 5.72. The molecule has 0 bridgehead atoms. The third-order valence-corrected chi connectivity index (χ3v) is 5.72. The lowest BCUT2D eigenvalue weighted by molar-refractivity contribution is 0.0694. The molecule has 1 aliphatic carbocycles. The van der Waals surface area contributed by atoms with Gasteiger partial charge in [-0.15, -0.1) is 0 Å². The van der Waals surface area contributed by atoms with Crippen molar-refractivity contribution in [3.05, 3.63) is 39.7 Å². The van der Waals surface area contributed by atoms with Gasteiger partial charge in [-0.25, -0.2) is 18.0 Å². The third kappa shape index (κ3) is 3.48. The van der Waals surface area contributed by atoms with E-state index in [0.717, 1.165) is 25.1 Å². The molecule has 29 heavy (non-hydrogen) atoms. The number of carboxylic acids is 1. The van der Waals surface area contributed by atoms with Gasteiger partial charge in [-0.1, -0.05) is 0 Å². The van der Waals surface area contributed by atoms with Gasteiger partial charge in [0.05, 0.1) is 10.9 Å². The SMILES string of the molecule is CCn1cc(C(=O)O)c(=O)c2cc(F)c(N3CC(F)C(CNC4CC4)C3)c(F)c21. The van der Waals surface area contributed by atoms with Gasteiger partial charge in [-0.05, 0) is 25.8 Å². The Balaban J connectivity index is 1.76. The molecule has 1 aromatic carbocycles. The molecule has 2 fully saturated rings. The Morgan fingerprint density at radius 2 is 2.03 bits per heavy atom. The summed E-state index contributed by atoms with van der Waals surface area (Å²) in [5, 5.41) is 12.1. The summed E-state index contributed by atoms with van der Waals surface area (Å²) in [6.45, 7) is 2.30. The van der Waals surface area contributed by atoms with Gasteiger partial charge in [-0.2, -0.15) is 0 Å². The topological polar surface area (TPSA) is 74.6 Å². The van der Waals surface area contributed by atoms with Gasteiger partial charge in [0.1, 0.15) is 23.2 Å². The van der Waals surface area contributed by atoms with Crippen molar-refractivity contribution in [2.75, 3.05) is 24.5 Å². The molecule has 0 amide bonds. The van der Waals surface area contributed by atoms with Crippen LogP contribution < -0.4 is 15.6 Å². The minimum absolute atomic E-state index is 0.139. The molecule has 1 aromatic heterocycles. The van der Waals surface area contributed by atoms with Crippen molar-refractivity contribution >= 4 is 22.6 Å². The zero-order chi connectivity index (χ0) is 20.9. The fourth-order valence-electron chi connectivity index (χ4n) is 3.98. The van der Waals surface area contributed by atoms with E-state index in [0.29, 0.717) is 12.6 Å². The number of benzene rings is 1. The van der Waals surface area contributed by atoms with Gasteiger partial charge in [0.2, 0.25) is 5.43 Å². The number of anilines is 1. The van der Waals surface area contributed by atoms with Crippen LogP contribution in [0.5, 0.6) is 0 Å². The van der Waals surface area contributed by atoms with Crippen LogP contribution in [0.1, 0.15) is 30.1 Å². The number of aromatic carboxylic acids is 1. The van der Waals surface area contributed by atoms with Crippen LogP contribution in [0.2, 0.25) is 0 Å². The van der Waals surface area contributed by atoms with Crippen LogP contribution >= 0.6 is 0 Å². The van der Waals surface area contributed by atoms with Crippen LogP contribution in [0.25, 0.3) is 10.9 Å². The Labute approximate surface area is 164 Å². The average Bonchev–Trinajstić information content (AvgIpc) is 3.43. The summed E-state index contributed by atoms with van der Waals surface area (Å²) in [4.78, 5) is 25.1. The molecule has 2 aliphatic rings. The monoisotopic (exact) mass is 409 g/mol. The highest BCUT2D eigenvalue weighted by Crippen LogP contribution is 2.34. The quantitative estimate of drug-likeness (QED) is 0.767. The zero-order valence-corrected chi connectivity index (χ0v) is 15.9. The maximum atomic E-state index is 15.4.